The predicted octanol–water partition coefficient (Wildman–Crippen LogP) is 2.94. The molecule has 6 nitrogen and oxygen atoms in total. The number of amides is 1. The van der Waals surface area contributed by atoms with E-state index in [1.807, 2.05) is 49.4 Å². The largest absolute Gasteiger partial charge is 0.354 e. The quantitative estimate of drug-likeness (QED) is 0.620. The molecule has 0 aliphatic carbocycles. The zero-order valence-corrected chi connectivity index (χ0v) is 17.0. The summed E-state index contributed by atoms with van der Waals surface area (Å²) >= 11 is 0. The van der Waals surface area contributed by atoms with Gasteiger partial charge >= 0.3 is 0 Å². The van der Waals surface area contributed by atoms with Gasteiger partial charge in [-0.15, -0.1) is 0 Å². The summed E-state index contributed by atoms with van der Waals surface area (Å²) in [7, 11) is -3.93. The van der Waals surface area contributed by atoms with Crippen LogP contribution in [0, 0.1) is 6.92 Å². The fourth-order valence-corrected chi connectivity index (χ4v) is 4.22. The maximum atomic E-state index is 13.2. The highest BCUT2D eigenvalue weighted by molar-refractivity contribution is 7.92. The number of sulfonamides is 1. The Morgan fingerprint density at radius 3 is 2.38 bits per heavy atom. The molecule has 0 fully saturated rings. The van der Waals surface area contributed by atoms with E-state index in [4.69, 9.17) is 0 Å². The summed E-state index contributed by atoms with van der Waals surface area (Å²) in [5.74, 6) is -0.367. The molecule has 0 saturated carbocycles. The van der Waals surface area contributed by atoms with Gasteiger partial charge in [-0.05, 0) is 43.2 Å². The Balaban J connectivity index is 1.76. The van der Waals surface area contributed by atoms with Crippen LogP contribution in [0.15, 0.2) is 84.0 Å². The van der Waals surface area contributed by atoms with E-state index < -0.39 is 10.0 Å². The third-order valence-corrected chi connectivity index (χ3v) is 6.17. The smallest absolute Gasteiger partial charge is 0.266 e. The molecule has 0 radical (unpaired) electrons. The number of pyridine rings is 1. The standard InChI is InChI=1S/C22H23N3O3S/c1-18-9-11-20(12-10-18)25(29(27,28)21-8-5-14-23-16-21)17-22(26)24-15-13-19-6-3-2-4-7-19/h2-12,14,16H,13,15,17H2,1H3,(H,24,26). The molecule has 1 N–H and O–H groups in total. The third-order valence-electron chi connectivity index (χ3n) is 4.41. The van der Waals surface area contributed by atoms with Crippen LogP contribution in [0.5, 0.6) is 0 Å². The van der Waals surface area contributed by atoms with Crippen molar-refractivity contribution in [3.8, 4) is 0 Å². The topological polar surface area (TPSA) is 79.4 Å². The van der Waals surface area contributed by atoms with Crippen molar-refractivity contribution >= 4 is 21.6 Å². The van der Waals surface area contributed by atoms with Gasteiger partial charge in [0.2, 0.25) is 5.91 Å². The van der Waals surface area contributed by atoms with Gasteiger partial charge in [0.25, 0.3) is 10.0 Å². The number of rotatable bonds is 8. The predicted molar refractivity (Wildman–Crippen MR) is 113 cm³/mol. The van der Waals surface area contributed by atoms with Gasteiger partial charge in [0.1, 0.15) is 11.4 Å². The van der Waals surface area contributed by atoms with E-state index in [1.165, 1.54) is 18.5 Å². The van der Waals surface area contributed by atoms with E-state index in [9.17, 15) is 13.2 Å². The number of nitrogens with one attached hydrogen (secondary N) is 1. The normalized spacial score (nSPS) is 11.1. The molecule has 3 rings (SSSR count). The Morgan fingerprint density at radius 1 is 1.00 bits per heavy atom. The van der Waals surface area contributed by atoms with Crippen molar-refractivity contribution in [2.24, 2.45) is 0 Å². The van der Waals surface area contributed by atoms with Crippen LogP contribution >= 0.6 is 0 Å². The van der Waals surface area contributed by atoms with E-state index in [2.05, 4.69) is 10.3 Å². The van der Waals surface area contributed by atoms with E-state index >= 15 is 0 Å². The number of aromatic nitrogens is 1. The first kappa shape index (κ1) is 20.5. The zero-order valence-electron chi connectivity index (χ0n) is 16.2. The van der Waals surface area contributed by atoms with Crippen molar-refractivity contribution in [1.82, 2.24) is 10.3 Å². The SMILES string of the molecule is Cc1ccc(N(CC(=O)NCCc2ccccc2)S(=O)(=O)c2cccnc2)cc1. The number of hydrogen-bond donors (Lipinski definition) is 1. The second-order valence-electron chi connectivity index (χ2n) is 6.62. The van der Waals surface area contributed by atoms with Gasteiger partial charge in [-0.2, -0.15) is 0 Å². The summed E-state index contributed by atoms with van der Waals surface area (Å²) < 4.78 is 27.4. The molecule has 0 atom stereocenters. The number of nitrogens with zero attached hydrogens (tertiary/aromatic N) is 2. The minimum Gasteiger partial charge on any atom is -0.354 e. The minimum atomic E-state index is -3.93. The average molecular weight is 410 g/mol. The second-order valence-corrected chi connectivity index (χ2v) is 8.48. The van der Waals surface area contributed by atoms with Crippen molar-refractivity contribution in [2.75, 3.05) is 17.4 Å². The molecule has 1 amide bonds. The first-order valence-corrected chi connectivity index (χ1v) is 10.7. The summed E-state index contributed by atoms with van der Waals surface area (Å²) in [6.07, 6.45) is 3.46. The molecule has 7 heteroatoms. The summed E-state index contributed by atoms with van der Waals surface area (Å²) in [6.45, 7) is 2.03. The molecule has 0 unspecified atom stereocenters. The van der Waals surface area contributed by atoms with Crippen LogP contribution in [0.3, 0.4) is 0 Å². The molecule has 1 aromatic heterocycles. The van der Waals surface area contributed by atoms with Gasteiger partial charge in [-0.3, -0.25) is 14.1 Å². The fourth-order valence-electron chi connectivity index (χ4n) is 2.83. The van der Waals surface area contributed by atoms with Gasteiger partial charge in [-0.1, -0.05) is 48.0 Å². The lowest BCUT2D eigenvalue weighted by atomic mass is 10.1. The third kappa shape index (κ3) is 5.42. The van der Waals surface area contributed by atoms with Gasteiger partial charge in [-0.25, -0.2) is 8.42 Å². The highest BCUT2D eigenvalue weighted by atomic mass is 32.2. The number of anilines is 1. The molecule has 3 aromatic rings. The van der Waals surface area contributed by atoms with Crippen LogP contribution in [0.1, 0.15) is 11.1 Å². The average Bonchev–Trinajstić information content (AvgIpc) is 2.74. The van der Waals surface area contributed by atoms with Crippen LogP contribution in [-0.2, 0) is 21.2 Å². The first-order chi connectivity index (χ1) is 14.0. The van der Waals surface area contributed by atoms with Crippen LogP contribution < -0.4 is 9.62 Å². The van der Waals surface area contributed by atoms with Crippen LogP contribution in [0.25, 0.3) is 0 Å². The summed E-state index contributed by atoms with van der Waals surface area (Å²) in [5.41, 5.74) is 2.53. The van der Waals surface area contributed by atoms with Crippen molar-refractivity contribution in [3.63, 3.8) is 0 Å². The lowest BCUT2D eigenvalue weighted by Gasteiger charge is -2.24. The Kier molecular flexibility index (Phi) is 6.61. The number of aryl methyl sites for hydroxylation is 1. The van der Waals surface area contributed by atoms with Crippen molar-refractivity contribution in [2.45, 2.75) is 18.2 Å². The fraction of sp³-hybridized carbons (Fsp3) is 0.182. The van der Waals surface area contributed by atoms with E-state index in [1.54, 1.807) is 18.2 Å². The number of benzene rings is 2. The molecule has 29 heavy (non-hydrogen) atoms. The van der Waals surface area contributed by atoms with Crippen molar-refractivity contribution in [3.05, 3.63) is 90.3 Å². The molecule has 0 aliphatic rings. The molecular weight excluding hydrogens is 386 g/mol. The van der Waals surface area contributed by atoms with E-state index in [-0.39, 0.29) is 17.3 Å². The van der Waals surface area contributed by atoms with E-state index in [0.717, 1.165) is 15.4 Å². The van der Waals surface area contributed by atoms with Crippen LogP contribution in [0.2, 0.25) is 0 Å². The molecule has 0 aliphatic heterocycles. The molecule has 150 valence electrons. The zero-order chi connectivity index (χ0) is 20.7. The molecule has 0 bridgehead atoms. The minimum absolute atomic E-state index is 0.0395. The second kappa shape index (κ2) is 9.34. The lowest BCUT2D eigenvalue weighted by molar-refractivity contribution is -0.119. The molecule has 0 spiro atoms. The first-order valence-electron chi connectivity index (χ1n) is 9.27. The van der Waals surface area contributed by atoms with Gasteiger partial charge in [0.05, 0.1) is 5.69 Å². The number of hydrogen-bond acceptors (Lipinski definition) is 4. The van der Waals surface area contributed by atoms with Crippen LogP contribution in [0.4, 0.5) is 5.69 Å². The Morgan fingerprint density at radius 2 is 1.72 bits per heavy atom. The van der Waals surface area contributed by atoms with Gasteiger partial charge in [0.15, 0.2) is 0 Å². The van der Waals surface area contributed by atoms with Gasteiger partial charge in [0, 0.05) is 18.9 Å². The highest BCUT2D eigenvalue weighted by Gasteiger charge is 2.27. The summed E-state index contributed by atoms with van der Waals surface area (Å²) in [5, 5.41) is 2.81. The Bertz CT molecular complexity index is 1040. The summed E-state index contributed by atoms with van der Waals surface area (Å²) in [4.78, 5) is 16.5. The number of carbonyl (C=O) groups excluding carboxylic acids is 1. The molecule has 0 saturated heterocycles. The molecule has 1 heterocycles. The molecule has 2 aromatic carbocycles. The van der Waals surface area contributed by atoms with Gasteiger partial charge < -0.3 is 5.32 Å². The lowest BCUT2D eigenvalue weighted by Crippen LogP contribution is -2.41. The number of carbonyl (C=O) groups is 1. The van der Waals surface area contributed by atoms with Crippen LogP contribution in [-0.4, -0.2) is 32.4 Å². The summed E-state index contributed by atoms with van der Waals surface area (Å²) in [6, 6.07) is 19.8. The Labute approximate surface area is 171 Å². The van der Waals surface area contributed by atoms with Crippen molar-refractivity contribution < 1.29 is 13.2 Å². The highest BCUT2D eigenvalue weighted by Crippen LogP contribution is 2.23. The van der Waals surface area contributed by atoms with Crippen molar-refractivity contribution in [1.29, 1.82) is 0 Å². The van der Waals surface area contributed by atoms with E-state index in [0.29, 0.717) is 18.7 Å². The monoisotopic (exact) mass is 409 g/mol. The Hall–Kier alpha value is -3.19. The maximum absolute atomic E-state index is 13.2. The maximum Gasteiger partial charge on any atom is 0.266 e. The molecular formula is C22H23N3O3S.